The third-order valence-corrected chi connectivity index (χ3v) is 2.91. The van der Waals surface area contributed by atoms with Crippen molar-refractivity contribution >= 4 is 11.6 Å². The highest BCUT2D eigenvalue weighted by Gasteiger charge is 1.99. The molecule has 0 saturated heterocycles. The highest BCUT2D eigenvalue weighted by molar-refractivity contribution is 6.30. The van der Waals surface area contributed by atoms with Crippen molar-refractivity contribution in [2.75, 3.05) is 33.7 Å². The average molecular weight is 241 g/mol. The van der Waals surface area contributed by atoms with E-state index in [1.54, 1.807) is 0 Å². The second-order valence-electron chi connectivity index (χ2n) is 4.14. The summed E-state index contributed by atoms with van der Waals surface area (Å²) in [5.41, 5.74) is 1.35. The summed E-state index contributed by atoms with van der Waals surface area (Å²) in [5, 5.41) is 3.97. The molecule has 3 heteroatoms. The van der Waals surface area contributed by atoms with Crippen LogP contribution in [0.15, 0.2) is 24.3 Å². The highest BCUT2D eigenvalue weighted by Crippen LogP contribution is 2.10. The van der Waals surface area contributed by atoms with Crippen LogP contribution in [0.4, 0.5) is 0 Å². The normalized spacial score (nSPS) is 11.0. The van der Waals surface area contributed by atoms with Crippen molar-refractivity contribution in [3.8, 4) is 0 Å². The Kier molecular flexibility index (Phi) is 6.46. The topological polar surface area (TPSA) is 15.3 Å². The van der Waals surface area contributed by atoms with E-state index in [-0.39, 0.29) is 0 Å². The molecular weight excluding hydrogens is 220 g/mol. The predicted molar refractivity (Wildman–Crippen MR) is 71.2 cm³/mol. The number of likely N-dealkylation sites (N-methyl/N-ethyl adjacent to an activating group) is 1. The van der Waals surface area contributed by atoms with Gasteiger partial charge in [-0.05, 0) is 57.7 Å². The molecule has 1 aromatic carbocycles. The molecule has 0 amide bonds. The Morgan fingerprint density at radius 1 is 1.19 bits per heavy atom. The van der Waals surface area contributed by atoms with Gasteiger partial charge in [-0.25, -0.2) is 0 Å². The monoisotopic (exact) mass is 240 g/mol. The number of hydrogen-bond donors (Lipinski definition) is 1. The Bertz CT molecular complexity index is 284. The Morgan fingerprint density at radius 2 is 1.88 bits per heavy atom. The lowest BCUT2D eigenvalue weighted by Gasteiger charge is -2.16. The maximum atomic E-state index is 5.84. The van der Waals surface area contributed by atoms with E-state index in [1.165, 1.54) is 12.0 Å². The van der Waals surface area contributed by atoms with Gasteiger partial charge >= 0.3 is 0 Å². The highest BCUT2D eigenvalue weighted by atomic mass is 35.5. The summed E-state index contributed by atoms with van der Waals surface area (Å²) in [5.74, 6) is 0. The van der Waals surface area contributed by atoms with Crippen LogP contribution in [-0.4, -0.2) is 38.6 Å². The Morgan fingerprint density at radius 3 is 2.50 bits per heavy atom. The van der Waals surface area contributed by atoms with Gasteiger partial charge in [-0.15, -0.1) is 0 Å². The van der Waals surface area contributed by atoms with Gasteiger partial charge in [0.2, 0.25) is 0 Å². The van der Waals surface area contributed by atoms with Gasteiger partial charge in [-0.2, -0.15) is 0 Å². The molecule has 90 valence electrons. The van der Waals surface area contributed by atoms with E-state index in [9.17, 15) is 0 Å². The van der Waals surface area contributed by atoms with Crippen LogP contribution in [-0.2, 0) is 6.42 Å². The van der Waals surface area contributed by atoms with E-state index >= 15 is 0 Å². The van der Waals surface area contributed by atoms with Crippen LogP contribution in [0.3, 0.4) is 0 Å². The number of nitrogens with zero attached hydrogens (tertiary/aromatic N) is 1. The van der Waals surface area contributed by atoms with E-state index < -0.39 is 0 Å². The molecule has 0 heterocycles. The molecular formula is C13H21ClN2. The fourth-order valence-corrected chi connectivity index (χ4v) is 1.73. The minimum atomic E-state index is 0.811. The van der Waals surface area contributed by atoms with Gasteiger partial charge in [0, 0.05) is 11.6 Å². The van der Waals surface area contributed by atoms with Gasteiger partial charge in [0.25, 0.3) is 0 Å². The maximum Gasteiger partial charge on any atom is 0.0406 e. The van der Waals surface area contributed by atoms with Crippen LogP contribution < -0.4 is 5.32 Å². The minimum Gasteiger partial charge on any atom is -0.320 e. The number of benzene rings is 1. The van der Waals surface area contributed by atoms with Crippen molar-refractivity contribution in [1.29, 1.82) is 0 Å². The molecule has 0 fully saturated rings. The molecule has 0 saturated carbocycles. The van der Waals surface area contributed by atoms with Crippen LogP contribution in [0.1, 0.15) is 12.0 Å². The fourth-order valence-electron chi connectivity index (χ4n) is 1.61. The molecule has 0 radical (unpaired) electrons. The predicted octanol–water partition coefficient (Wildman–Crippen LogP) is 2.42. The summed E-state index contributed by atoms with van der Waals surface area (Å²) in [6.45, 7) is 3.34. The maximum absolute atomic E-state index is 5.84. The summed E-state index contributed by atoms with van der Waals surface area (Å²) in [6, 6.07) is 8.11. The first-order chi connectivity index (χ1) is 7.72. The SMILES string of the molecule is CNCCCN(C)CCc1ccc(Cl)cc1. The standard InChI is InChI=1S/C13H21ClN2/c1-15-9-3-10-16(2)11-8-12-4-6-13(14)7-5-12/h4-7,15H,3,8-11H2,1-2H3. The lowest BCUT2D eigenvalue weighted by molar-refractivity contribution is 0.332. The second-order valence-corrected chi connectivity index (χ2v) is 4.57. The first kappa shape index (κ1) is 13.5. The van der Waals surface area contributed by atoms with Gasteiger partial charge in [0.05, 0.1) is 0 Å². The lowest BCUT2D eigenvalue weighted by Crippen LogP contribution is -2.24. The summed E-state index contributed by atoms with van der Waals surface area (Å²) in [4.78, 5) is 2.37. The first-order valence-corrected chi connectivity index (χ1v) is 6.18. The molecule has 2 nitrogen and oxygen atoms in total. The first-order valence-electron chi connectivity index (χ1n) is 5.80. The summed E-state index contributed by atoms with van der Waals surface area (Å²) in [6.07, 6.45) is 2.29. The largest absolute Gasteiger partial charge is 0.320 e. The average Bonchev–Trinajstić information content (AvgIpc) is 2.29. The van der Waals surface area contributed by atoms with Gasteiger partial charge < -0.3 is 10.2 Å². The van der Waals surface area contributed by atoms with Crippen molar-refractivity contribution in [3.63, 3.8) is 0 Å². The molecule has 16 heavy (non-hydrogen) atoms. The number of halogens is 1. The smallest absolute Gasteiger partial charge is 0.0406 e. The molecule has 0 aliphatic heterocycles. The lowest BCUT2D eigenvalue weighted by atomic mass is 10.1. The number of hydrogen-bond acceptors (Lipinski definition) is 2. The van der Waals surface area contributed by atoms with E-state index in [4.69, 9.17) is 11.6 Å². The van der Waals surface area contributed by atoms with Crippen LogP contribution in [0.5, 0.6) is 0 Å². The zero-order valence-corrected chi connectivity index (χ0v) is 10.9. The van der Waals surface area contributed by atoms with E-state index in [0.29, 0.717) is 0 Å². The van der Waals surface area contributed by atoms with Crippen molar-refractivity contribution in [2.24, 2.45) is 0 Å². The molecule has 1 N–H and O–H groups in total. The molecule has 0 bridgehead atoms. The number of nitrogens with one attached hydrogen (secondary N) is 1. The van der Waals surface area contributed by atoms with E-state index in [1.807, 2.05) is 19.2 Å². The molecule has 0 aliphatic rings. The third kappa shape index (κ3) is 5.50. The zero-order valence-electron chi connectivity index (χ0n) is 10.2. The van der Waals surface area contributed by atoms with E-state index in [2.05, 4.69) is 29.4 Å². The Balaban J connectivity index is 2.20. The third-order valence-electron chi connectivity index (χ3n) is 2.66. The molecule has 0 spiro atoms. The van der Waals surface area contributed by atoms with Gasteiger partial charge in [0.1, 0.15) is 0 Å². The Hall–Kier alpha value is -0.570. The molecule has 0 aliphatic carbocycles. The quantitative estimate of drug-likeness (QED) is 0.737. The van der Waals surface area contributed by atoms with Gasteiger partial charge in [-0.1, -0.05) is 23.7 Å². The van der Waals surface area contributed by atoms with Gasteiger partial charge in [-0.3, -0.25) is 0 Å². The van der Waals surface area contributed by atoms with Crippen molar-refractivity contribution in [2.45, 2.75) is 12.8 Å². The molecule has 1 aromatic rings. The van der Waals surface area contributed by atoms with Crippen LogP contribution >= 0.6 is 11.6 Å². The molecule has 0 atom stereocenters. The molecule has 0 aromatic heterocycles. The molecule has 1 rings (SSSR count). The summed E-state index contributed by atoms with van der Waals surface area (Å²) in [7, 11) is 4.17. The fraction of sp³-hybridized carbons (Fsp3) is 0.538. The zero-order chi connectivity index (χ0) is 11.8. The van der Waals surface area contributed by atoms with Crippen LogP contribution in [0.2, 0.25) is 5.02 Å². The van der Waals surface area contributed by atoms with Crippen molar-refractivity contribution in [1.82, 2.24) is 10.2 Å². The van der Waals surface area contributed by atoms with Crippen LogP contribution in [0, 0.1) is 0 Å². The molecule has 0 unspecified atom stereocenters. The summed E-state index contributed by atoms with van der Waals surface area (Å²) >= 11 is 5.84. The van der Waals surface area contributed by atoms with Gasteiger partial charge in [0.15, 0.2) is 0 Å². The van der Waals surface area contributed by atoms with Crippen molar-refractivity contribution in [3.05, 3.63) is 34.9 Å². The van der Waals surface area contributed by atoms with Crippen LogP contribution in [0.25, 0.3) is 0 Å². The Labute approximate surface area is 104 Å². The van der Waals surface area contributed by atoms with Crippen molar-refractivity contribution < 1.29 is 0 Å². The van der Waals surface area contributed by atoms with E-state index in [0.717, 1.165) is 31.1 Å². The summed E-state index contributed by atoms with van der Waals surface area (Å²) < 4.78 is 0. The second kappa shape index (κ2) is 7.66. The minimum absolute atomic E-state index is 0.811. The number of rotatable bonds is 7.